The monoisotopic (exact) mass is 469 g/mol. The Labute approximate surface area is 194 Å². The first kappa shape index (κ1) is 21.8. The van der Waals surface area contributed by atoms with Crippen molar-refractivity contribution in [3.05, 3.63) is 76.9 Å². The summed E-state index contributed by atoms with van der Waals surface area (Å²) in [5.74, 6) is -1.37. The number of hydrogen-bond donors (Lipinski definition) is 2. The summed E-state index contributed by atoms with van der Waals surface area (Å²) < 4.78 is 34.7. The lowest BCUT2D eigenvalue weighted by Gasteiger charge is -2.25. The van der Waals surface area contributed by atoms with Crippen LogP contribution in [-0.4, -0.2) is 40.3 Å². The molecular weight excluding hydrogens is 448 g/mol. The number of hydrogen-bond acceptors (Lipinski definition) is 5. The van der Waals surface area contributed by atoms with Crippen molar-refractivity contribution in [2.24, 2.45) is 0 Å². The van der Waals surface area contributed by atoms with Gasteiger partial charge in [-0.3, -0.25) is 0 Å². The second-order valence-corrected chi connectivity index (χ2v) is 8.30. The number of ether oxygens (including phenoxy) is 1. The summed E-state index contributed by atoms with van der Waals surface area (Å²) in [6.45, 7) is 3.09. The second-order valence-electron chi connectivity index (χ2n) is 7.89. The van der Waals surface area contributed by atoms with E-state index in [1.807, 2.05) is 30.3 Å². The maximum absolute atomic E-state index is 13.5. The Morgan fingerprint density at radius 1 is 1.15 bits per heavy atom. The Bertz CT molecular complexity index is 1290. The van der Waals surface area contributed by atoms with Gasteiger partial charge in [-0.2, -0.15) is 4.98 Å². The SMILES string of the molecule is Fc1ccc(CNc2ncc3cc(-c4ccccc4Cl)n(CC4CNCCO4)c3n2)cc1F. The normalized spacial score (nSPS) is 16.3. The number of nitrogens with zero attached hydrogens (tertiary/aromatic N) is 3. The lowest BCUT2D eigenvalue weighted by molar-refractivity contribution is 0.0191. The van der Waals surface area contributed by atoms with Gasteiger partial charge in [0, 0.05) is 41.8 Å². The number of anilines is 1. The highest BCUT2D eigenvalue weighted by molar-refractivity contribution is 6.33. The van der Waals surface area contributed by atoms with Crippen LogP contribution in [0.4, 0.5) is 14.7 Å². The molecular formula is C24H22ClF2N5O. The van der Waals surface area contributed by atoms with Gasteiger partial charge in [-0.05, 0) is 29.8 Å². The number of benzene rings is 2. The summed E-state index contributed by atoms with van der Waals surface area (Å²) >= 11 is 6.51. The molecule has 1 saturated heterocycles. The minimum absolute atomic E-state index is 0.0100. The Morgan fingerprint density at radius 2 is 2.03 bits per heavy atom. The molecule has 2 aromatic carbocycles. The first-order valence-electron chi connectivity index (χ1n) is 10.7. The third kappa shape index (κ3) is 4.68. The van der Waals surface area contributed by atoms with E-state index in [-0.39, 0.29) is 12.6 Å². The van der Waals surface area contributed by atoms with E-state index in [4.69, 9.17) is 21.3 Å². The second kappa shape index (κ2) is 9.43. The van der Waals surface area contributed by atoms with Crippen LogP contribution in [-0.2, 0) is 17.8 Å². The molecule has 0 saturated carbocycles. The molecule has 0 spiro atoms. The zero-order valence-corrected chi connectivity index (χ0v) is 18.4. The van der Waals surface area contributed by atoms with Crippen molar-refractivity contribution in [3.8, 4) is 11.3 Å². The highest BCUT2D eigenvalue weighted by Crippen LogP contribution is 2.33. The Balaban J connectivity index is 1.50. The van der Waals surface area contributed by atoms with E-state index in [2.05, 4.69) is 20.2 Å². The topological polar surface area (TPSA) is 64.0 Å². The molecule has 9 heteroatoms. The molecule has 6 nitrogen and oxygen atoms in total. The lowest BCUT2D eigenvalue weighted by Crippen LogP contribution is -2.40. The van der Waals surface area contributed by atoms with Crippen LogP contribution in [0.2, 0.25) is 5.02 Å². The maximum Gasteiger partial charge on any atom is 0.224 e. The molecule has 1 atom stereocenters. The van der Waals surface area contributed by atoms with Gasteiger partial charge in [0.05, 0.1) is 24.9 Å². The number of halogens is 3. The van der Waals surface area contributed by atoms with Crippen LogP contribution in [0.25, 0.3) is 22.3 Å². The molecule has 0 aliphatic carbocycles. The quantitative estimate of drug-likeness (QED) is 0.431. The fraction of sp³-hybridized carbons (Fsp3) is 0.250. The number of fused-ring (bicyclic) bond motifs is 1. The molecule has 4 aromatic rings. The molecule has 2 aromatic heterocycles. The largest absolute Gasteiger partial charge is 0.374 e. The number of nitrogens with one attached hydrogen (secondary N) is 2. The third-order valence-corrected chi connectivity index (χ3v) is 5.94. The van der Waals surface area contributed by atoms with Crippen LogP contribution in [0.1, 0.15) is 5.56 Å². The van der Waals surface area contributed by atoms with Gasteiger partial charge in [0.25, 0.3) is 0 Å². The van der Waals surface area contributed by atoms with Gasteiger partial charge in [-0.15, -0.1) is 0 Å². The molecule has 1 fully saturated rings. The summed E-state index contributed by atoms with van der Waals surface area (Å²) in [4.78, 5) is 9.12. The molecule has 1 aliphatic heterocycles. The zero-order chi connectivity index (χ0) is 22.8. The van der Waals surface area contributed by atoms with E-state index in [9.17, 15) is 8.78 Å². The number of morpholine rings is 1. The summed E-state index contributed by atoms with van der Waals surface area (Å²) in [6.07, 6.45) is 1.73. The zero-order valence-electron chi connectivity index (χ0n) is 17.7. The maximum atomic E-state index is 13.5. The molecule has 170 valence electrons. The van der Waals surface area contributed by atoms with Crippen molar-refractivity contribution in [1.82, 2.24) is 19.9 Å². The standard InChI is InChI=1S/C24H22ClF2N5O/c25-19-4-2-1-3-18(19)22-10-16-12-30-24(29-11-15-5-6-20(26)21(27)9-15)31-23(16)32(22)14-17-13-28-7-8-33-17/h1-6,9-10,12,17,28H,7-8,11,13-14H2,(H,29,30,31). The van der Waals surface area contributed by atoms with Gasteiger partial charge in [0.1, 0.15) is 5.65 Å². The average molecular weight is 470 g/mol. The predicted octanol–water partition coefficient (Wildman–Crippen LogP) is 4.63. The summed E-state index contributed by atoms with van der Waals surface area (Å²) in [5.41, 5.74) is 3.15. The number of aromatic nitrogens is 3. The van der Waals surface area contributed by atoms with Gasteiger partial charge in [-0.25, -0.2) is 13.8 Å². The third-order valence-electron chi connectivity index (χ3n) is 5.61. The van der Waals surface area contributed by atoms with Crippen molar-refractivity contribution < 1.29 is 13.5 Å². The molecule has 5 rings (SSSR count). The van der Waals surface area contributed by atoms with E-state index < -0.39 is 11.6 Å². The van der Waals surface area contributed by atoms with Gasteiger partial charge in [0.15, 0.2) is 11.6 Å². The van der Waals surface area contributed by atoms with Crippen molar-refractivity contribution >= 4 is 28.6 Å². The van der Waals surface area contributed by atoms with Crippen LogP contribution in [0.3, 0.4) is 0 Å². The molecule has 3 heterocycles. The first-order chi connectivity index (χ1) is 16.1. The fourth-order valence-corrected chi connectivity index (χ4v) is 4.21. The van der Waals surface area contributed by atoms with E-state index in [1.54, 1.807) is 6.20 Å². The Kier molecular flexibility index (Phi) is 6.22. The first-order valence-corrected chi connectivity index (χ1v) is 11.1. The van der Waals surface area contributed by atoms with Gasteiger partial charge >= 0.3 is 0 Å². The Hall–Kier alpha value is -3.07. The van der Waals surface area contributed by atoms with Gasteiger partial charge in [-0.1, -0.05) is 35.9 Å². The van der Waals surface area contributed by atoms with Gasteiger partial charge in [0.2, 0.25) is 5.95 Å². The average Bonchev–Trinajstić information content (AvgIpc) is 3.18. The van der Waals surface area contributed by atoms with Crippen LogP contribution in [0.5, 0.6) is 0 Å². The molecule has 0 bridgehead atoms. The summed E-state index contributed by atoms with van der Waals surface area (Å²) in [5, 5.41) is 7.97. The molecule has 2 N–H and O–H groups in total. The van der Waals surface area contributed by atoms with Crippen LogP contribution >= 0.6 is 11.6 Å². The molecule has 1 aliphatic rings. The minimum Gasteiger partial charge on any atom is -0.374 e. The van der Waals surface area contributed by atoms with Crippen molar-refractivity contribution in [3.63, 3.8) is 0 Å². The number of rotatable bonds is 6. The predicted molar refractivity (Wildman–Crippen MR) is 124 cm³/mol. The molecule has 33 heavy (non-hydrogen) atoms. The van der Waals surface area contributed by atoms with Crippen molar-refractivity contribution in [2.45, 2.75) is 19.2 Å². The highest BCUT2D eigenvalue weighted by atomic mass is 35.5. The molecule has 0 radical (unpaired) electrons. The van der Waals surface area contributed by atoms with Crippen molar-refractivity contribution in [2.75, 3.05) is 25.0 Å². The molecule has 0 amide bonds. The van der Waals surface area contributed by atoms with E-state index in [1.165, 1.54) is 6.07 Å². The minimum atomic E-state index is -0.884. The van der Waals surface area contributed by atoms with E-state index in [0.717, 1.165) is 47.5 Å². The van der Waals surface area contributed by atoms with E-state index in [0.29, 0.717) is 29.7 Å². The fourth-order valence-electron chi connectivity index (χ4n) is 3.97. The molecule has 1 unspecified atom stereocenters. The summed E-state index contributed by atoms with van der Waals surface area (Å²) in [7, 11) is 0. The van der Waals surface area contributed by atoms with Crippen LogP contribution < -0.4 is 10.6 Å². The van der Waals surface area contributed by atoms with E-state index >= 15 is 0 Å². The van der Waals surface area contributed by atoms with Gasteiger partial charge < -0.3 is 19.9 Å². The smallest absolute Gasteiger partial charge is 0.224 e. The summed E-state index contributed by atoms with van der Waals surface area (Å²) in [6, 6.07) is 13.5. The lowest BCUT2D eigenvalue weighted by atomic mass is 10.1. The van der Waals surface area contributed by atoms with Crippen LogP contribution in [0.15, 0.2) is 54.7 Å². The van der Waals surface area contributed by atoms with Crippen molar-refractivity contribution in [1.29, 1.82) is 0 Å². The highest BCUT2D eigenvalue weighted by Gasteiger charge is 2.20. The Morgan fingerprint density at radius 3 is 2.82 bits per heavy atom. The van der Waals surface area contributed by atoms with Crippen LogP contribution in [0, 0.1) is 11.6 Å².